The van der Waals surface area contributed by atoms with Gasteiger partial charge in [-0.1, -0.05) is 48.2 Å². The molecule has 0 bridgehead atoms. The Labute approximate surface area is 138 Å². The van der Waals surface area contributed by atoms with Crippen molar-refractivity contribution in [2.24, 2.45) is 4.99 Å². The van der Waals surface area contributed by atoms with E-state index in [2.05, 4.69) is 15.6 Å². The van der Waals surface area contributed by atoms with E-state index in [0.717, 1.165) is 5.69 Å². The van der Waals surface area contributed by atoms with E-state index < -0.39 is 5.25 Å². The summed E-state index contributed by atoms with van der Waals surface area (Å²) >= 11 is 1.26. The fourth-order valence-corrected chi connectivity index (χ4v) is 3.11. The van der Waals surface area contributed by atoms with Crippen LogP contribution in [0.3, 0.4) is 0 Å². The summed E-state index contributed by atoms with van der Waals surface area (Å²) < 4.78 is 0. The van der Waals surface area contributed by atoms with Crippen molar-refractivity contribution in [3.63, 3.8) is 0 Å². The topological polar surface area (TPSA) is 70.6 Å². The van der Waals surface area contributed by atoms with Gasteiger partial charge >= 0.3 is 0 Å². The van der Waals surface area contributed by atoms with Crippen LogP contribution in [0, 0.1) is 0 Å². The highest BCUT2D eigenvalue weighted by Crippen LogP contribution is 2.24. The van der Waals surface area contributed by atoms with Crippen molar-refractivity contribution in [1.82, 2.24) is 5.32 Å². The van der Waals surface area contributed by atoms with Gasteiger partial charge in [-0.25, -0.2) is 4.99 Å². The van der Waals surface area contributed by atoms with E-state index in [-0.39, 0.29) is 18.2 Å². The Balaban J connectivity index is 1.72. The molecule has 2 aromatic carbocycles. The van der Waals surface area contributed by atoms with Crippen LogP contribution in [0.15, 0.2) is 65.7 Å². The third kappa shape index (κ3) is 4.20. The number of nitrogens with one attached hydrogen (secondary N) is 2. The number of anilines is 1. The van der Waals surface area contributed by atoms with Crippen molar-refractivity contribution in [2.45, 2.75) is 11.7 Å². The fourth-order valence-electron chi connectivity index (χ4n) is 2.11. The van der Waals surface area contributed by atoms with Gasteiger partial charge in [0.1, 0.15) is 5.25 Å². The fraction of sp³-hybridized carbons (Fsp3) is 0.118. The lowest BCUT2D eigenvalue weighted by Crippen LogP contribution is -2.41. The first kappa shape index (κ1) is 15.3. The average molecular weight is 325 g/mol. The number of nitrogens with zero attached hydrogens (tertiary/aromatic N) is 1. The van der Waals surface area contributed by atoms with Gasteiger partial charge in [-0.05, 0) is 24.3 Å². The Hall–Kier alpha value is -2.60. The van der Waals surface area contributed by atoms with Crippen LogP contribution in [0.4, 0.5) is 11.4 Å². The minimum atomic E-state index is -0.494. The van der Waals surface area contributed by atoms with Gasteiger partial charge in [0.15, 0.2) is 5.17 Å². The molecule has 1 atom stereocenters. The molecule has 0 aromatic heterocycles. The summed E-state index contributed by atoms with van der Waals surface area (Å²) in [7, 11) is 0. The predicted octanol–water partition coefficient (Wildman–Crippen LogP) is 2.93. The maximum Gasteiger partial charge on any atom is 0.238 e. The molecule has 5 nitrogen and oxygen atoms in total. The van der Waals surface area contributed by atoms with E-state index in [1.165, 1.54) is 11.8 Å². The number of aliphatic imine (C=N–C) groups is 1. The second kappa shape index (κ2) is 7.11. The molecule has 6 heteroatoms. The molecule has 23 heavy (non-hydrogen) atoms. The first-order valence-electron chi connectivity index (χ1n) is 7.17. The molecule has 1 unspecified atom stereocenters. The molecule has 2 aromatic rings. The van der Waals surface area contributed by atoms with E-state index in [9.17, 15) is 9.59 Å². The van der Waals surface area contributed by atoms with Gasteiger partial charge in [-0.3, -0.25) is 9.59 Å². The summed E-state index contributed by atoms with van der Waals surface area (Å²) in [4.78, 5) is 28.6. The van der Waals surface area contributed by atoms with E-state index in [0.29, 0.717) is 10.9 Å². The lowest BCUT2D eigenvalue weighted by atomic mass is 10.2. The Bertz CT molecular complexity index is 732. The minimum Gasteiger partial charge on any atom is -0.325 e. The number of carbonyl (C=O) groups excluding carboxylic acids is 2. The Kier molecular flexibility index (Phi) is 4.73. The first-order valence-corrected chi connectivity index (χ1v) is 8.05. The summed E-state index contributed by atoms with van der Waals surface area (Å²) in [5.41, 5.74) is 1.45. The number of hydrogen-bond donors (Lipinski definition) is 2. The highest BCUT2D eigenvalue weighted by molar-refractivity contribution is 8.15. The van der Waals surface area contributed by atoms with Gasteiger partial charge in [-0.2, -0.15) is 0 Å². The van der Waals surface area contributed by atoms with Crippen LogP contribution in [-0.2, 0) is 9.59 Å². The van der Waals surface area contributed by atoms with Crippen LogP contribution >= 0.6 is 11.8 Å². The van der Waals surface area contributed by atoms with Crippen LogP contribution in [0.5, 0.6) is 0 Å². The van der Waals surface area contributed by atoms with E-state index in [1.807, 2.05) is 60.7 Å². The number of benzene rings is 2. The highest BCUT2D eigenvalue weighted by Gasteiger charge is 2.30. The Morgan fingerprint density at radius 3 is 2.43 bits per heavy atom. The van der Waals surface area contributed by atoms with Crippen LogP contribution in [-0.4, -0.2) is 22.2 Å². The van der Waals surface area contributed by atoms with Gasteiger partial charge in [0.25, 0.3) is 0 Å². The van der Waals surface area contributed by atoms with Crippen LogP contribution < -0.4 is 10.6 Å². The molecule has 0 aliphatic carbocycles. The van der Waals surface area contributed by atoms with Crippen LogP contribution in [0.2, 0.25) is 0 Å². The number of rotatable bonds is 3. The summed E-state index contributed by atoms with van der Waals surface area (Å²) in [5.74, 6) is -0.400. The summed E-state index contributed by atoms with van der Waals surface area (Å²) in [5, 5.41) is 5.48. The van der Waals surface area contributed by atoms with Gasteiger partial charge in [0, 0.05) is 12.1 Å². The third-order valence-electron chi connectivity index (χ3n) is 3.19. The number of para-hydroxylation sites is 2. The van der Waals surface area contributed by atoms with Gasteiger partial charge in [0.2, 0.25) is 11.8 Å². The van der Waals surface area contributed by atoms with E-state index in [1.54, 1.807) is 0 Å². The molecule has 0 radical (unpaired) electrons. The molecule has 3 rings (SSSR count). The van der Waals surface area contributed by atoms with Gasteiger partial charge in [0.05, 0.1) is 5.69 Å². The minimum absolute atomic E-state index is 0.136. The first-order chi connectivity index (χ1) is 11.2. The number of amidine groups is 1. The maximum atomic E-state index is 12.3. The normalized spacial score (nSPS) is 19.2. The molecule has 1 fully saturated rings. The third-order valence-corrected chi connectivity index (χ3v) is 4.27. The van der Waals surface area contributed by atoms with Crippen LogP contribution in [0.25, 0.3) is 0 Å². The van der Waals surface area contributed by atoms with E-state index >= 15 is 0 Å². The number of hydrogen-bond acceptors (Lipinski definition) is 4. The molecular weight excluding hydrogens is 310 g/mol. The second-order valence-electron chi connectivity index (χ2n) is 4.97. The smallest absolute Gasteiger partial charge is 0.238 e. The Morgan fingerprint density at radius 1 is 1.09 bits per heavy atom. The van der Waals surface area contributed by atoms with Gasteiger partial charge in [-0.15, -0.1) is 0 Å². The standard InChI is InChI=1S/C17H15N3O2S/c21-15-11-14(16(22)18-12-7-3-1-4-8-12)23-17(20-15)19-13-9-5-2-6-10-13/h1-10,14H,11H2,(H,18,22)(H,19,20,21). The monoisotopic (exact) mass is 325 g/mol. The van der Waals surface area contributed by atoms with Crippen molar-refractivity contribution < 1.29 is 9.59 Å². The molecule has 1 aliphatic rings. The summed E-state index contributed by atoms with van der Waals surface area (Å²) in [6, 6.07) is 18.5. The van der Waals surface area contributed by atoms with Crippen molar-refractivity contribution in [1.29, 1.82) is 0 Å². The summed E-state index contributed by atoms with van der Waals surface area (Å²) in [6.07, 6.45) is 0.136. The zero-order chi connectivity index (χ0) is 16.1. The highest BCUT2D eigenvalue weighted by atomic mass is 32.2. The number of thioether (sulfide) groups is 1. The molecule has 2 N–H and O–H groups in total. The molecule has 0 spiro atoms. The van der Waals surface area contributed by atoms with Crippen molar-refractivity contribution in [2.75, 3.05) is 5.32 Å². The Morgan fingerprint density at radius 2 is 1.74 bits per heavy atom. The molecule has 0 saturated carbocycles. The molecule has 1 heterocycles. The quantitative estimate of drug-likeness (QED) is 0.911. The molecular formula is C17H15N3O2S. The van der Waals surface area contributed by atoms with Crippen molar-refractivity contribution >= 4 is 40.1 Å². The SMILES string of the molecule is O=C1CC(C(=O)Nc2ccccc2)SC(=Nc2ccccc2)N1. The average Bonchev–Trinajstić information content (AvgIpc) is 2.56. The number of amides is 2. The lowest BCUT2D eigenvalue weighted by molar-refractivity contribution is -0.123. The van der Waals surface area contributed by atoms with Crippen molar-refractivity contribution in [3.05, 3.63) is 60.7 Å². The molecule has 1 aliphatic heterocycles. The molecule has 1 saturated heterocycles. The summed E-state index contributed by atoms with van der Waals surface area (Å²) in [6.45, 7) is 0. The maximum absolute atomic E-state index is 12.3. The molecule has 116 valence electrons. The van der Waals surface area contributed by atoms with Crippen molar-refractivity contribution in [3.8, 4) is 0 Å². The lowest BCUT2D eigenvalue weighted by Gasteiger charge is -2.22. The predicted molar refractivity (Wildman–Crippen MR) is 92.7 cm³/mol. The van der Waals surface area contributed by atoms with Gasteiger partial charge < -0.3 is 10.6 Å². The number of carbonyl (C=O) groups is 2. The second-order valence-corrected chi connectivity index (χ2v) is 6.16. The van der Waals surface area contributed by atoms with Crippen LogP contribution in [0.1, 0.15) is 6.42 Å². The zero-order valence-electron chi connectivity index (χ0n) is 12.2. The van der Waals surface area contributed by atoms with E-state index in [4.69, 9.17) is 0 Å². The molecule has 2 amide bonds. The largest absolute Gasteiger partial charge is 0.325 e. The zero-order valence-corrected chi connectivity index (χ0v) is 13.0.